The molecule has 2 rings (SSSR count). The van der Waals surface area contributed by atoms with Gasteiger partial charge >= 0.3 is 0 Å². The molecule has 0 aliphatic heterocycles. The minimum atomic E-state index is -0.495. The lowest BCUT2D eigenvalue weighted by Gasteiger charge is -2.13. The van der Waals surface area contributed by atoms with E-state index in [1.165, 1.54) is 28.6 Å². The third kappa shape index (κ3) is 4.52. The zero-order chi connectivity index (χ0) is 15.4. The molecular formula is C15H17ClFN2OS+. The van der Waals surface area contributed by atoms with Crippen molar-refractivity contribution in [2.24, 2.45) is 0 Å². The van der Waals surface area contributed by atoms with E-state index in [0.717, 1.165) is 11.4 Å². The van der Waals surface area contributed by atoms with E-state index in [1.54, 1.807) is 11.3 Å². The van der Waals surface area contributed by atoms with Crippen LogP contribution in [0.5, 0.6) is 0 Å². The number of rotatable bonds is 5. The van der Waals surface area contributed by atoms with Crippen LogP contribution in [-0.4, -0.2) is 19.5 Å². The third-order valence-electron chi connectivity index (χ3n) is 3.10. The van der Waals surface area contributed by atoms with Crippen LogP contribution in [0.4, 0.5) is 10.1 Å². The van der Waals surface area contributed by atoms with E-state index < -0.39 is 5.82 Å². The van der Waals surface area contributed by atoms with Crippen LogP contribution < -0.4 is 10.2 Å². The van der Waals surface area contributed by atoms with Crippen LogP contribution in [0, 0.1) is 12.7 Å². The summed E-state index contributed by atoms with van der Waals surface area (Å²) in [6.07, 6.45) is 0. The second-order valence-corrected chi connectivity index (χ2v) is 6.42. The molecule has 0 spiro atoms. The topological polar surface area (TPSA) is 33.5 Å². The molecule has 1 amide bonds. The molecular weight excluding hydrogens is 311 g/mol. The van der Waals surface area contributed by atoms with Crippen LogP contribution in [0.1, 0.15) is 10.4 Å². The maximum absolute atomic E-state index is 13.0. The first-order chi connectivity index (χ1) is 9.95. The van der Waals surface area contributed by atoms with Gasteiger partial charge in [-0.15, -0.1) is 11.3 Å². The van der Waals surface area contributed by atoms with E-state index in [-0.39, 0.29) is 10.9 Å². The molecule has 2 N–H and O–H groups in total. The number of aryl methyl sites for hydroxylation is 1. The number of benzene rings is 1. The van der Waals surface area contributed by atoms with Crippen molar-refractivity contribution in [3.8, 4) is 0 Å². The number of hydrogen-bond acceptors (Lipinski definition) is 2. The van der Waals surface area contributed by atoms with Gasteiger partial charge in [0.2, 0.25) is 0 Å². The van der Waals surface area contributed by atoms with Gasteiger partial charge in [0.1, 0.15) is 12.4 Å². The highest BCUT2D eigenvalue weighted by atomic mass is 35.5. The maximum atomic E-state index is 13.0. The summed E-state index contributed by atoms with van der Waals surface area (Å²) in [6.45, 7) is 3.22. The fourth-order valence-electron chi connectivity index (χ4n) is 1.97. The SMILES string of the molecule is Cc1ccsc1C[NH+](C)CC(=O)Nc1ccc(F)c(Cl)c1. The Labute approximate surface area is 132 Å². The first kappa shape index (κ1) is 15.9. The van der Waals surface area contributed by atoms with E-state index in [4.69, 9.17) is 11.6 Å². The summed E-state index contributed by atoms with van der Waals surface area (Å²) in [4.78, 5) is 14.3. The molecule has 0 bridgehead atoms. The smallest absolute Gasteiger partial charge is 0.279 e. The summed E-state index contributed by atoms with van der Waals surface area (Å²) in [6, 6.07) is 6.22. The zero-order valence-electron chi connectivity index (χ0n) is 11.9. The number of nitrogens with one attached hydrogen (secondary N) is 2. The molecule has 6 heteroatoms. The van der Waals surface area contributed by atoms with Crippen molar-refractivity contribution in [3.05, 3.63) is 50.9 Å². The Morgan fingerprint density at radius 3 is 2.81 bits per heavy atom. The number of halogens is 2. The lowest BCUT2D eigenvalue weighted by Crippen LogP contribution is -3.08. The summed E-state index contributed by atoms with van der Waals surface area (Å²) >= 11 is 7.39. The molecule has 2 aromatic rings. The molecule has 112 valence electrons. The van der Waals surface area contributed by atoms with Gasteiger partial charge in [0.15, 0.2) is 6.54 Å². The lowest BCUT2D eigenvalue weighted by molar-refractivity contribution is -0.884. The number of quaternary nitrogens is 1. The number of hydrogen-bond donors (Lipinski definition) is 2. The van der Waals surface area contributed by atoms with Crippen LogP contribution in [-0.2, 0) is 11.3 Å². The standard InChI is InChI=1S/C15H16ClFN2OS/c1-10-5-6-21-14(10)8-19(2)9-15(20)18-11-3-4-13(17)12(16)7-11/h3-7H,8-9H2,1-2H3,(H,18,20)/p+1. The highest BCUT2D eigenvalue weighted by Gasteiger charge is 2.13. The quantitative estimate of drug-likeness (QED) is 0.869. The fraction of sp³-hybridized carbons (Fsp3) is 0.267. The van der Waals surface area contributed by atoms with E-state index in [9.17, 15) is 9.18 Å². The highest BCUT2D eigenvalue weighted by Crippen LogP contribution is 2.19. The van der Waals surface area contributed by atoms with Gasteiger partial charge in [-0.1, -0.05) is 11.6 Å². The second kappa shape index (κ2) is 7.02. The van der Waals surface area contributed by atoms with Crippen LogP contribution in [0.15, 0.2) is 29.6 Å². The van der Waals surface area contributed by atoms with Crippen molar-refractivity contribution in [2.75, 3.05) is 18.9 Å². The van der Waals surface area contributed by atoms with Gasteiger partial charge in [-0.2, -0.15) is 0 Å². The average Bonchev–Trinajstić information content (AvgIpc) is 2.79. The Kier molecular flexibility index (Phi) is 5.33. The van der Waals surface area contributed by atoms with Crippen molar-refractivity contribution in [1.29, 1.82) is 0 Å². The number of carbonyl (C=O) groups is 1. The van der Waals surface area contributed by atoms with Crippen molar-refractivity contribution in [3.63, 3.8) is 0 Å². The van der Waals surface area contributed by atoms with Crippen LogP contribution in [0.2, 0.25) is 5.02 Å². The van der Waals surface area contributed by atoms with Gasteiger partial charge < -0.3 is 10.2 Å². The normalized spacial score (nSPS) is 12.2. The third-order valence-corrected chi connectivity index (χ3v) is 4.41. The van der Waals surface area contributed by atoms with Gasteiger partial charge in [0.25, 0.3) is 5.91 Å². The molecule has 1 unspecified atom stereocenters. The second-order valence-electron chi connectivity index (χ2n) is 5.01. The van der Waals surface area contributed by atoms with Crippen LogP contribution in [0.3, 0.4) is 0 Å². The van der Waals surface area contributed by atoms with E-state index in [1.807, 2.05) is 7.05 Å². The summed E-state index contributed by atoms with van der Waals surface area (Å²) in [5.41, 5.74) is 1.76. The van der Waals surface area contributed by atoms with Gasteiger partial charge in [0.05, 0.1) is 16.9 Å². The monoisotopic (exact) mass is 327 g/mol. The molecule has 3 nitrogen and oxygen atoms in total. The van der Waals surface area contributed by atoms with E-state index >= 15 is 0 Å². The van der Waals surface area contributed by atoms with E-state index in [0.29, 0.717) is 12.2 Å². The molecule has 0 saturated heterocycles. The Morgan fingerprint density at radius 2 is 2.19 bits per heavy atom. The molecule has 1 aromatic heterocycles. The Bertz CT molecular complexity index is 644. The van der Waals surface area contributed by atoms with Gasteiger partial charge in [-0.05, 0) is 42.1 Å². The number of thiophene rings is 1. The largest absolute Gasteiger partial charge is 0.325 e. The molecule has 0 fully saturated rings. The van der Waals surface area contributed by atoms with Crippen LogP contribution >= 0.6 is 22.9 Å². The molecule has 0 radical (unpaired) electrons. The Balaban J connectivity index is 1.89. The van der Waals surface area contributed by atoms with Crippen molar-refractivity contribution in [1.82, 2.24) is 0 Å². The number of amides is 1. The van der Waals surface area contributed by atoms with Gasteiger partial charge in [0, 0.05) is 5.69 Å². The molecule has 21 heavy (non-hydrogen) atoms. The summed E-state index contributed by atoms with van der Waals surface area (Å²) < 4.78 is 13.0. The maximum Gasteiger partial charge on any atom is 0.279 e. The van der Waals surface area contributed by atoms with Crippen LogP contribution in [0.25, 0.3) is 0 Å². The molecule has 0 aliphatic rings. The minimum absolute atomic E-state index is 0.00251. The van der Waals surface area contributed by atoms with Crippen molar-refractivity contribution in [2.45, 2.75) is 13.5 Å². The Morgan fingerprint density at radius 1 is 1.43 bits per heavy atom. The predicted molar refractivity (Wildman–Crippen MR) is 84.6 cm³/mol. The molecule has 0 saturated carbocycles. The molecule has 1 atom stereocenters. The molecule has 0 aliphatic carbocycles. The average molecular weight is 328 g/mol. The number of likely N-dealkylation sites (N-methyl/N-ethyl adjacent to an activating group) is 1. The fourth-order valence-corrected chi connectivity index (χ4v) is 3.18. The molecule has 1 heterocycles. The lowest BCUT2D eigenvalue weighted by atomic mass is 10.3. The summed E-state index contributed by atoms with van der Waals surface area (Å²) in [7, 11) is 1.97. The van der Waals surface area contributed by atoms with E-state index in [2.05, 4.69) is 23.7 Å². The highest BCUT2D eigenvalue weighted by molar-refractivity contribution is 7.10. The Hall–Kier alpha value is -1.43. The van der Waals surface area contributed by atoms with Gasteiger partial charge in [-0.3, -0.25) is 4.79 Å². The molecule has 1 aromatic carbocycles. The zero-order valence-corrected chi connectivity index (χ0v) is 13.4. The van der Waals surface area contributed by atoms with Gasteiger partial charge in [-0.25, -0.2) is 4.39 Å². The van der Waals surface area contributed by atoms with Crippen molar-refractivity contribution < 1.29 is 14.1 Å². The van der Waals surface area contributed by atoms with Crippen molar-refractivity contribution >= 4 is 34.5 Å². The first-order valence-electron chi connectivity index (χ1n) is 6.55. The first-order valence-corrected chi connectivity index (χ1v) is 7.80. The number of carbonyl (C=O) groups excluding carboxylic acids is 1. The predicted octanol–water partition coefficient (Wildman–Crippen LogP) is 2.50. The summed E-state index contributed by atoms with van der Waals surface area (Å²) in [5, 5.41) is 4.78. The number of anilines is 1. The minimum Gasteiger partial charge on any atom is -0.325 e. The summed E-state index contributed by atoms with van der Waals surface area (Å²) in [5.74, 6) is -0.616.